The summed E-state index contributed by atoms with van der Waals surface area (Å²) in [6.07, 6.45) is 0. The molecule has 0 radical (unpaired) electrons. The second kappa shape index (κ2) is 8.78. The van der Waals surface area contributed by atoms with Gasteiger partial charge in [0.15, 0.2) is 10.9 Å². The van der Waals surface area contributed by atoms with Crippen molar-refractivity contribution in [2.45, 2.75) is 6.61 Å². The summed E-state index contributed by atoms with van der Waals surface area (Å²) in [5, 5.41) is 4.32. The van der Waals surface area contributed by atoms with E-state index in [1.165, 1.54) is 11.3 Å². The summed E-state index contributed by atoms with van der Waals surface area (Å²) in [5.41, 5.74) is 4.25. The minimum absolute atomic E-state index is 0.241. The number of thiazole rings is 1. The van der Waals surface area contributed by atoms with Gasteiger partial charge in [-0.1, -0.05) is 90.2 Å². The van der Waals surface area contributed by atoms with E-state index in [4.69, 9.17) is 14.1 Å². The number of anilines is 1. The Morgan fingerprint density at radius 1 is 0.938 bits per heavy atom. The lowest BCUT2D eigenvalue weighted by Crippen LogP contribution is -2.13. The van der Waals surface area contributed by atoms with Crippen molar-refractivity contribution in [1.29, 1.82) is 0 Å². The van der Waals surface area contributed by atoms with Crippen LogP contribution in [0.2, 0.25) is 0 Å². The number of carbonyl (C=O) groups excluding carboxylic acids is 1. The van der Waals surface area contributed by atoms with Crippen molar-refractivity contribution in [3.05, 3.63) is 96.3 Å². The number of aromatic nitrogens is 1. The van der Waals surface area contributed by atoms with Crippen LogP contribution in [0.1, 0.15) is 16.1 Å². The number of ether oxygens (including phenoxy) is 1. The number of carbonyl (C=O) groups is 1. The van der Waals surface area contributed by atoms with Gasteiger partial charge in [-0.05, 0) is 11.6 Å². The summed E-state index contributed by atoms with van der Waals surface area (Å²) in [7, 11) is 1.60. The van der Waals surface area contributed by atoms with E-state index in [0.29, 0.717) is 10.7 Å². The lowest BCUT2D eigenvalue weighted by Gasteiger charge is -2.02. The van der Waals surface area contributed by atoms with Crippen LogP contribution in [0.3, 0.4) is 0 Å². The second-order valence-corrected chi connectivity index (χ2v) is 8.22. The van der Waals surface area contributed by atoms with Crippen LogP contribution in [0.25, 0.3) is 32.7 Å². The van der Waals surface area contributed by atoms with Gasteiger partial charge in [0.1, 0.15) is 5.58 Å². The van der Waals surface area contributed by atoms with Gasteiger partial charge in [-0.25, -0.2) is 4.98 Å². The molecule has 0 aliphatic carbocycles. The summed E-state index contributed by atoms with van der Waals surface area (Å²) in [5.74, 6) is -0.105. The first kappa shape index (κ1) is 20.2. The molecule has 0 atom stereocenters. The number of nitrogens with zero attached hydrogens (tertiary/aromatic N) is 1. The minimum atomic E-state index is -0.346. The Bertz CT molecular complexity index is 1320. The molecule has 5 nitrogen and oxygen atoms in total. The quantitative estimate of drug-likeness (QED) is 0.322. The molecule has 0 aliphatic heterocycles. The van der Waals surface area contributed by atoms with Gasteiger partial charge in [0, 0.05) is 23.6 Å². The summed E-state index contributed by atoms with van der Waals surface area (Å²) in [4.78, 5) is 18.9. The Morgan fingerprint density at radius 2 is 1.59 bits per heavy atom. The van der Waals surface area contributed by atoms with Crippen LogP contribution in [0.4, 0.5) is 5.13 Å². The maximum atomic E-state index is 13.2. The fourth-order valence-electron chi connectivity index (χ4n) is 3.67. The first-order valence-electron chi connectivity index (χ1n) is 10.2. The third-order valence-electron chi connectivity index (χ3n) is 5.12. The first-order valence-corrected chi connectivity index (χ1v) is 11.0. The number of hydrogen-bond acceptors (Lipinski definition) is 5. The second-order valence-electron chi connectivity index (χ2n) is 7.22. The number of fused-ring (bicyclic) bond motifs is 1. The van der Waals surface area contributed by atoms with Crippen LogP contribution in [-0.2, 0) is 11.3 Å². The number of rotatable bonds is 6. The molecule has 158 valence electrons. The number of amides is 1. The van der Waals surface area contributed by atoms with Gasteiger partial charge in [0.25, 0.3) is 5.91 Å². The monoisotopic (exact) mass is 440 g/mol. The van der Waals surface area contributed by atoms with Crippen molar-refractivity contribution in [3.63, 3.8) is 0 Å². The first-order chi connectivity index (χ1) is 15.7. The molecule has 5 aromatic rings. The molecule has 1 N–H and O–H groups in total. The van der Waals surface area contributed by atoms with E-state index >= 15 is 0 Å². The van der Waals surface area contributed by atoms with Crippen molar-refractivity contribution in [2.24, 2.45) is 0 Å². The normalized spacial score (nSPS) is 11.0. The molecule has 2 heterocycles. The molecule has 1 amide bonds. The van der Waals surface area contributed by atoms with E-state index in [1.54, 1.807) is 7.11 Å². The molecule has 0 bridgehead atoms. The van der Waals surface area contributed by atoms with Crippen LogP contribution in [0, 0.1) is 0 Å². The Kier molecular flexibility index (Phi) is 5.54. The van der Waals surface area contributed by atoms with E-state index in [0.717, 1.165) is 32.6 Å². The van der Waals surface area contributed by atoms with E-state index < -0.39 is 0 Å². The van der Waals surface area contributed by atoms with E-state index in [1.807, 2.05) is 84.9 Å². The zero-order valence-electron chi connectivity index (χ0n) is 17.4. The molecule has 6 heteroatoms. The number of para-hydroxylation sites is 1. The van der Waals surface area contributed by atoms with Crippen molar-refractivity contribution in [2.75, 3.05) is 12.4 Å². The van der Waals surface area contributed by atoms with Crippen molar-refractivity contribution in [3.8, 4) is 21.7 Å². The van der Waals surface area contributed by atoms with Gasteiger partial charge in [-0.2, -0.15) is 0 Å². The molecule has 5 rings (SSSR count). The van der Waals surface area contributed by atoms with E-state index in [9.17, 15) is 4.79 Å². The predicted molar refractivity (Wildman–Crippen MR) is 128 cm³/mol. The number of furan rings is 1. The zero-order chi connectivity index (χ0) is 21.9. The third-order valence-corrected chi connectivity index (χ3v) is 6.14. The van der Waals surface area contributed by atoms with Gasteiger partial charge < -0.3 is 9.15 Å². The molecule has 0 unspecified atom stereocenters. The van der Waals surface area contributed by atoms with Crippen LogP contribution in [-0.4, -0.2) is 18.0 Å². The number of nitrogens with one attached hydrogen (secondary N) is 1. The van der Waals surface area contributed by atoms with Gasteiger partial charge in [0.05, 0.1) is 17.2 Å². The molecule has 0 saturated carbocycles. The molecule has 0 aliphatic rings. The Labute approximate surface area is 189 Å². The molecular weight excluding hydrogens is 420 g/mol. The predicted octanol–water partition coefficient (Wildman–Crippen LogP) is 6.62. The van der Waals surface area contributed by atoms with E-state index in [2.05, 4.69) is 5.32 Å². The van der Waals surface area contributed by atoms with Crippen molar-refractivity contribution in [1.82, 2.24) is 4.98 Å². The lowest BCUT2D eigenvalue weighted by atomic mass is 10.1. The van der Waals surface area contributed by atoms with Crippen LogP contribution >= 0.6 is 11.3 Å². The summed E-state index contributed by atoms with van der Waals surface area (Å²) in [6.45, 7) is 0.280. The van der Waals surface area contributed by atoms with Crippen LogP contribution < -0.4 is 5.32 Å². The number of hydrogen-bond donors (Lipinski definition) is 1. The highest BCUT2D eigenvalue weighted by Crippen LogP contribution is 2.39. The Hall–Kier alpha value is -3.74. The average molecular weight is 441 g/mol. The Morgan fingerprint density at radius 3 is 2.31 bits per heavy atom. The van der Waals surface area contributed by atoms with Crippen molar-refractivity contribution < 1.29 is 13.9 Å². The highest BCUT2D eigenvalue weighted by molar-refractivity contribution is 7.19. The smallest absolute Gasteiger partial charge is 0.293 e. The van der Waals surface area contributed by atoms with Gasteiger partial charge in [-0.15, -0.1) is 0 Å². The minimum Gasteiger partial charge on any atom is -0.451 e. The molecule has 0 saturated heterocycles. The molecule has 32 heavy (non-hydrogen) atoms. The molecule has 0 spiro atoms. The van der Waals surface area contributed by atoms with Crippen LogP contribution in [0.15, 0.2) is 89.3 Å². The highest BCUT2D eigenvalue weighted by Gasteiger charge is 2.23. The topological polar surface area (TPSA) is 64.4 Å². The van der Waals surface area contributed by atoms with Gasteiger partial charge in [0.2, 0.25) is 0 Å². The zero-order valence-corrected chi connectivity index (χ0v) is 18.2. The van der Waals surface area contributed by atoms with Crippen molar-refractivity contribution >= 4 is 33.3 Å². The van der Waals surface area contributed by atoms with Gasteiger partial charge >= 0.3 is 0 Å². The highest BCUT2D eigenvalue weighted by atomic mass is 32.1. The fraction of sp³-hybridized carbons (Fsp3) is 0.0769. The SMILES string of the molecule is COCc1c(C(=O)Nc2nc(-c3ccccc3)c(-c3ccccc3)s2)oc2ccccc12. The standard InChI is InChI=1S/C26H20N2O3S/c1-30-16-20-19-14-8-9-15-21(19)31-23(20)25(29)28-26-27-22(17-10-4-2-5-11-17)24(32-26)18-12-6-3-7-13-18/h2-15H,16H2,1H3,(H,27,28,29). The average Bonchev–Trinajstić information content (AvgIpc) is 3.43. The largest absolute Gasteiger partial charge is 0.451 e. The Balaban J connectivity index is 1.54. The third kappa shape index (κ3) is 3.82. The molecule has 3 aromatic carbocycles. The molecule has 0 fully saturated rings. The fourth-order valence-corrected chi connectivity index (χ4v) is 4.66. The van der Waals surface area contributed by atoms with Gasteiger partial charge in [-0.3, -0.25) is 10.1 Å². The lowest BCUT2D eigenvalue weighted by molar-refractivity contribution is 0.0992. The maximum Gasteiger partial charge on any atom is 0.293 e. The maximum absolute atomic E-state index is 13.2. The summed E-state index contributed by atoms with van der Waals surface area (Å²) < 4.78 is 11.2. The van der Waals surface area contributed by atoms with E-state index in [-0.39, 0.29) is 18.3 Å². The van der Waals surface area contributed by atoms with Crippen LogP contribution in [0.5, 0.6) is 0 Å². The summed E-state index contributed by atoms with van der Waals surface area (Å²) in [6, 6.07) is 27.6. The number of methoxy groups -OCH3 is 1. The number of benzene rings is 3. The summed E-state index contributed by atoms with van der Waals surface area (Å²) >= 11 is 1.44. The molecule has 2 aromatic heterocycles. The molecular formula is C26H20N2O3S.